The average molecular weight is 420 g/mol. The lowest BCUT2D eigenvalue weighted by molar-refractivity contribution is -0.121. The van der Waals surface area contributed by atoms with Gasteiger partial charge in [0, 0.05) is 32.6 Å². The molecule has 0 aromatic heterocycles. The first-order valence-electron chi connectivity index (χ1n) is 10.8. The first-order chi connectivity index (χ1) is 13.8. The fourth-order valence-corrected chi connectivity index (χ4v) is 6.99. The largest absolute Gasteiger partial charge is 0.355 e. The molecule has 1 saturated carbocycles. The van der Waals surface area contributed by atoms with Gasteiger partial charge in [0.15, 0.2) is 0 Å². The van der Waals surface area contributed by atoms with Crippen molar-refractivity contribution in [2.45, 2.75) is 55.1 Å². The highest BCUT2D eigenvalue weighted by Crippen LogP contribution is 2.53. The monoisotopic (exact) mass is 419 g/mol. The second-order valence-corrected chi connectivity index (χ2v) is 11.5. The van der Waals surface area contributed by atoms with Crippen LogP contribution in [0.5, 0.6) is 0 Å². The summed E-state index contributed by atoms with van der Waals surface area (Å²) in [6.45, 7) is 2.71. The van der Waals surface area contributed by atoms with Gasteiger partial charge in [-0.1, -0.05) is 24.3 Å². The number of rotatable bonds is 7. The van der Waals surface area contributed by atoms with Crippen LogP contribution in [0.2, 0.25) is 0 Å². The fourth-order valence-electron chi connectivity index (χ4n) is 5.14. The molecule has 0 unspecified atom stereocenters. The predicted molar refractivity (Wildman–Crippen MR) is 114 cm³/mol. The fraction of sp³-hybridized carbons (Fsp3) is 0.682. The Balaban J connectivity index is 1.44. The van der Waals surface area contributed by atoms with Crippen LogP contribution in [0.1, 0.15) is 55.6 Å². The van der Waals surface area contributed by atoms with Crippen LogP contribution in [0.3, 0.4) is 0 Å². The normalized spacial score (nSPS) is 24.0. The highest BCUT2D eigenvalue weighted by atomic mass is 32.2. The number of amides is 1. The summed E-state index contributed by atoms with van der Waals surface area (Å²) in [5, 5.41) is 2.91. The van der Waals surface area contributed by atoms with Gasteiger partial charge in [-0.15, -0.1) is 0 Å². The minimum Gasteiger partial charge on any atom is -0.355 e. The van der Waals surface area contributed by atoms with Crippen molar-refractivity contribution in [1.82, 2.24) is 14.5 Å². The molecule has 2 fully saturated rings. The number of sulfonamides is 1. The van der Waals surface area contributed by atoms with E-state index in [1.165, 1.54) is 11.1 Å². The van der Waals surface area contributed by atoms with Gasteiger partial charge in [-0.05, 0) is 68.7 Å². The Kier molecular flexibility index (Phi) is 5.75. The summed E-state index contributed by atoms with van der Waals surface area (Å²) in [5.74, 6) is 0.328. The van der Waals surface area contributed by atoms with Crippen molar-refractivity contribution in [3.63, 3.8) is 0 Å². The van der Waals surface area contributed by atoms with Crippen molar-refractivity contribution in [3.8, 4) is 0 Å². The maximum absolute atomic E-state index is 12.6. The van der Waals surface area contributed by atoms with Gasteiger partial charge in [0.25, 0.3) is 0 Å². The Labute approximate surface area is 174 Å². The quantitative estimate of drug-likeness (QED) is 0.735. The number of carbonyl (C=O) groups excluding carboxylic acids is 1. The molecule has 1 N–H and O–H groups in total. The molecular weight excluding hydrogens is 386 g/mol. The first kappa shape index (κ1) is 20.8. The lowest BCUT2D eigenvalue weighted by Gasteiger charge is -2.40. The molecular formula is C22H33N3O3S. The maximum atomic E-state index is 12.6. The number of likely N-dealkylation sites (N-methyl/N-ethyl adjacent to an activating group) is 1. The Bertz CT molecular complexity index is 856. The Morgan fingerprint density at radius 2 is 1.90 bits per heavy atom. The van der Waals surface area contributed by atoms with Gasteiger partial charge in [-0.3, -0.25) is 4.79 Å². The van der Waals surface area contributed by atoms with Crippen molar-refractivity contribution in [3.05, 3.63) is 35.4 Å². The average Bonchev–Trinajstić information content (AvgIpc) is 3.50. The van der Waals surface area contributed by atoms with E-state index in [2.05, 4.69) is 34.5 Å². The molecule has 160 valence electrons. The molecule has 1 heterocycles. The van der Waals surface area contributed by atoms with E-state index in [9.17, 15) is 13.2 Å². The molecule has 1 aromatic rings. The van der Waals surface area contributed by atoms with Crippen LogP contribution < -0.4 is 5.32 Å². The number of piperidine rings is 1. The van der Waals surface area contributed by atoms with Crippen molar-refractivity contribution >= 4 is 15.9 Å². The van der Waals surface area contributed by atoms with Crippen LogP contribution in [0, 0.1) is 0 Å². The smallest absolute Gasteiger partial charge is 0.220 e. The Hall–Kier alpha value is -1.44. The van der Waals surface area contributed by atoms with Gasteiger partial charge in [-0.2, -0.15) is 0 Å². The molecule has 29 heavy (non-hydrogen) atoms. The number of hydrogen-bond donors (Lipinski definition) is 1. The molecule has 0 bridgehead atoms. The molecule has 7 heteroatoms. The first-order valence-corrected chi connectivity index (χ1v) is 12.3. The molecule has 3 aliphatic rings. The number of nitrogens with one attached hydrogen (secondary N) is 1. The third-order valence-corrected chi connectivity index (χ3v) is 9.31. The molecule has 6 nitrogen and oxygen atoms in total. The van der Waals surface area contributed by atoms with Crippen LogP contribution in [-0.2, 0) is 20.2 Å². The summed E-state index contributed by atoms with van der Waals surface area (Å²) in [6, 6.07) is 8.49. The number of carbonyl (C=O) groups is 1. The van der Waals surface area contributed by atoms with Crippen LogP contribution in [0.4, 0.5) is 0 Å². The topological polar surface area (TPSA) is 69.7 Å². The van der Waals surface area contributed by atoms with Gasteiger partial charge in [0.05, 0.1) is 5.25 Å². The van der Waals surface area contributed by atoms with Crippen LogP contribution in [0.25, 0.3) is 0 Å². The Morgan fingerprint density at radius 1 is 1.21 bits per heavy atom. The third kappa shape index (κ3) is 4.23. The zero-order valence-corrected chi connectivity index (χ0v) is 18.4. The second kappa shape index (κ2) is 8.00. The summed E-state index contributed by atoms with van der Waals surface area (Å²) >= 11 is 0. The minimum absolute atomic E-state index is 0.0146. The van der Waals surface area contributed by atoms with Gasteiger partial charge < -0.3 is 10.2 Å². The molecule has 1 aromatic carbocycles. The summed E-state index contributed by atoms with van der Waals surface area (Å²) in [4.78, 5) is 14.6. The summed E-state index contributed by atoms with van der Waals surface area (Å²) in [5.41, 5.74) is 2.64. The predicted octanol–water partition coefficient (Wildman–Crippen LogP) is 2.07. The molecule has 0 radical (unpaired) electrons. The summed E-state index contributed by atoms with van der Waals surface area (Å²) in [7, 11) is 0.901. The van der Waals surface area contributed by atoms with Crippen LogP contribution in [-0.4, -0.2) is 69.1 Å². The van der Waals surface area contributed by atoms with Crippen LogP contribution >= 0.6 is 0 Å². The zero-order chi connectivity index (χ0) is 20.6. The molecule has 1 atom stereocenters. The number of fused-ring (bicyclic) bond motifs is 2. The van der Waals surface area contributed by atoms with E-state index in [0.29, 0.717) is 26.1 Å². The highest BCUT2D eigenvalue weighted by Gasteiger charge is 2.49. The molecule has 1 spiro atoms. The zero-order valence-electron chi connectivity index (χ0n) is 17.6. The lowest BCUT2D eigenvalue weighted by atomic mass is 9.73. The summed E-state index contributed by atoms with van der Waals surface area (Å²) in [6.07, 6.45) is 4.81. The highest BCUT2D eigenvalue weighted by molar-refractivity contribution is 7.90. The summed E-state index contributed by atoms with van der Waals surface area (Å²) < 4.78 is 27.0. The molecule has 2 aliphatic carbocycles. The van der Waals surface area contributed by atoms with Gasteiger partial charge >= 0.3 is 0 Å². The van der Waals surface area contributed by atoms with Crippen molar-refractivity contribution in [2.24, 2.45) is 0 Å². The number of nitrogens with zero attached hydrogens (tertiary/aromatic N) is 2. The minimum atomic E-state index is -3.10. The number of benzene rings is 1. The lowest BCUT2D eigenvalue weighted by Crippen LogP contribution is -2.45. The molecule has 1 aliphatic heterocycles. The van der Waals surface area contributed by atoms with Gasteiger partial charge in [-0.25, -0.2) is 12.7 Å². The molecule has 4 rings (SSSR count). The van der Waals surface area contributed by atoms with E-state index in [0.717, 1.165) is 38.6 Å². The van der Waals surface area contributed by atoms with E-state index in [4.69, 9.17) is 0 Å². The SMILES string of the molecule is CN(C)CCNC(=O)C[C@H]1CC2(CCN(S(=O)(=O)C3CC3)CC2)c2ccccc21. The van der Waals surface area contributed by atoms with Crippen molar-refractivity contribution in [1.29, 1.82) is 0 Å². The molecule has 1 amide bonds. The third-order valence-electron chi connectivity index (χ3n) is 6.91. The van der Waals surface area contributed by atoms with Crippen LogP contribution in [0.15, 0.2) is 24.3 Å². The second-order valence-electron chi connectivity index (χ2n) is 9.27. The van der Waals surface area contributed by atoms with Gasteiger partial charge in [0.2, 0.25) is 15.9 Å². The number of hydrogen-bond acceptors (Lipinski definition) is 4. The van der Waals surface area contributed by atoms with E-state index in [-0.39, 0.29) is 22.5 Å². The molecule has 1 saturated heterocycles. The standard InChI is InChI=1S/C22H33N3O3S/c1-24(2)14-11-23-21(26)15-17-16-22(20-6-4-3-5-19(17)20)9-12-25(13-10-22)29(27,28)18-7-8-18/h3-6,17-18H,7-16H2,1-2H3,(H,23,26)/t17-/m0/s1. The van der Waals surface area contributed by atoms with E-state index in [1.807, 2.05) is 14.1 Å². The van der Waals surface area contributed by atoms with E-state index < -0.39 is 10.0 Å². The maximum Gasteiger partial charge on any atom is 0.220 e. The van der Waals surface area contributed by atoms with Crippen molar-refractivity contribution in [2.75, 3.05) is 40.3 Å². The van der Waals surface area contributed by atoms with Gasteiger partial charge in [0.1, 0.15) is 0 Å². The van der Waals surface area contributed by atoms with E-state index >= 15 is 0 Å². The van der Waals surface area contributed by atoms with E-state index in [1.54, 1.807) is 4.31 Å². The van der Waals surface area contributed by atoms with Crippen molar-refractivity contribution < 1.29 is 13.2 Å². The Morgan fingerprint density at radius 3 is 2.55 bits per heavy atom.